The van der Waals surface area contributed by atoms with E-state index in [-0.39, 0.29) is 17.8 Å². The third kappa shape index (κ3) is 5.14. The number of ketones is 1. The van der Waals surface area contributed by atoms with Crippen LogP contribution in [0.3, 0.4) is 0 Å². The van der Waals surface area contributed by atoms with Crippen LogP contribution in [-0.2, 0) is 24.9 Å². The van der Waals surface area contributed by atoms with E-state index in [9.17, 15) is 4.79 Å². The van der Waals surface area contributed by atoms with Gasteiger partial charge in [0.05, 0.1) is 11.2 Å². The van der Waals surface area contributed by atoms with Crippen molar-refractivity contribution in [1.82, 2.24) is 24.9 Å². The van der Waals surface area contributed by atoms with Gasteiger partial charge in [-0.1, -0.05) is 36.4 Å². The highest BCUT2D eigenvalue weighted by Crippen LogP contribution is 2.35. The quantitative estimate of drug-likeness (QED) is 0.347. The van der Waals surface area contributed by atoms with Crippen molar-refractivity contribution in [1.29, 1.82) is 0 Å². The van der Waals surface area contributed by atoms with Gasteiger partial charge in [0.2, 0.25) is 0 Å². The molecule has 0 aliphatic carbocycles. The maximum atomic E-state index is 12.4. The van der Waals surface area contributed by atoms with Crippen molar-refractivity contribution in [3.05, 3.63) is 82.2 Å². The molecule has 1 aliphatic rings. The summed E-state index contributed by atoms with van der Waals surface area (Å²) >= 11 is 0. The summed E-state index contributed by atoms with van der Waals surface area (Å²) < 4.78 is 8.05. The van der Waals surface area contributed by atoms with Crippen LogP contribution in [0.2, 0.25) is 0 Å². The molecule has 0 saturated heterocycles. The van der Waals surface area contributed by atoms with Gasteiger partial charge in [-0.15, -0.1) is 5.10 Å². The summed E-state index contributed by atoms with van der Waals surface area (Å²) in [6, 6.07) is 14.8. The number of Topliss-reactive ketones (excluding diaryl/α,β-unsaturated/α-hetero) is 1. The summed E-state index contributed by atoms with van der Waals surface area (Å²) in [4.78, 5) is 19.4. The molecule has 2 aromatic carbocycles. The second-order valence-corrected chi connectivity index (χ2v) is 10.3. The van der Waals surface area contributed by atoms with Crippen LogP contribution < -0.4 is 4.74 Å². The van der Waals surface area contributed by atoms with Crippen molar-refractivity contribution in [2.45, 2.75) is 65.6 Å². The van der Waals surface area contributed by atoms with E-state index >= 15 is 0 Å². The Labute approximate surface area is 218 Å². The van der Waals surface area contributed by atoms with Crippen LogP contribution in [0.1, 0.15) is 66.1 Å². The number of carbonyl (C=O) groups is 1. The first-order chi connectivity index (χ1) is 17.8. The number of nitrogens with zero attached hydrogens (tertiary/aromatic N) is 5. The first kappa shape index (κ1) is 25.1. The van der Waals surface area contributed by atoms with E-state index in [0.717, 1.165) is 65.2 Å². The second-order valence-electron chi connectivity index (χ2n) is 10.3. The Hall–Kier alpha value is -3.58. The molecule has 4 aromatic rings. The predicted molar refractivity (Wildman–Crippen MR) is 145 cm³/mol. The van der Waals surface area contributed by atoms with Gasteiger partial charge in [0.15, 0.2) is 0 Å². The molecule has 7 nitrogen and oxygen atoms in total. The minimum absolute atomic E-state index is 0.0403. The molecule has 7 heteroatoms. The van der Waals surface area contributed by atoms with Crippen molar-refractivity contribution >= 4 is 16.8 Å². The average molecular weight is 498 g/mol. The lowest BCUT2D eigenvalue weighted by atomic mass is 9.83. The predicted octanol–water partition coefficient (Wildman–Crippen LogP) is 5.26. The summed E-state index contributed by atoms with van der Waals surface area (Å²) in [6.45, 7) is 10.5. The maximum absolute atomic E-state index is 12.4. The van der Waals surface area contributed by atoms with Crippen molar-refractivity contribution in [2.24, 2.45) is 7.05 Å². The molecule has 0 bridgehead atoms. The van der Waals surface area contributed by atoms with Gasteiger partial charge in [-0.05, 0) is 73.2 Å². The van der Waals surface area contributed by atoms with Crippen molar-refractivity contribution in [3.63, 3.8) is 0 Å². The molecule has 37 heavy (non-hydrogen) atoms. The van der Waals surface area contributed by atoms with Gasteiger partial charge in [0.25, 0.3) is 0 Å². The molecule has 0 unspecified atom stereocenters. The lowest BCUT2D eigenvalue weighted by Crippen LogP contribution is -2.32. The molecule has 0 spiro atoms. The topological polar surface area (TPSA) is 73.1 Å². The molecule has 2 aromatic heterocycles. The fourth-order valence-corrected chi connectivity index (χ4v) is 5.40. The lowest BCUT2D eigenvalue weighted by molar-refractivity contribution is -0.117. The molecule has 0 fully saturated rings. The maximum Gasteiger partial charge on any atom is 0.142 e. The second kappa shape index (κ2) is 10.4. The number of aromatic nitrogens is 4. The van der Waals surface area contributed by atoms with E-state index < -0.39 is 0 Å². The van der Waals surface area contributed by atoms with Crippen LogP contribution in [0.4, 0.5) is 0 Å². The Morgan fingerprint density at radius 1 is 1.19 bits per heavy atom. The van der Waals surface area contributed by atoms with Crippen LogP contribution in [0.15, 0.2) is 48.7 Å². The average Bonchev–Trinajstić information content (AvgIpc) is 3.16. The first-order valence-corrected chi connectivity index (χ1v) is 13.0. The zero-order valence-corrected chi connectivity index (χ0v) is 22.4. The summed E-state index contributed by atoms with van der Waals surface area (Å²) in [6.07, 6.45) is 3.35. The van der Waals surface area contributed by atoms with Gasteiger partial charge in [-0.25, -0.2) is 4.68 Å². The number of benzene rings is 2. The lowest BCUT2D eigenvalue weighted by Gasteiger charge is -2.25. The molecular weight excluding hydrogens is 462 g/mol. The number of hydrogen-bond donors (Lipinski definition) is 0. The van der Waals surface area contributed by atoms with E-state index in [1.165, 1.54) is 11.1 Å². The fourth-order valence-electron chi connectivity index (χ4n) is 5.40. The van der Waals surface area contributed by atoms with Crippen LogP contribution in [-0.4, -0.2) is 43.3 Å². The molecule has 1 aliphatic heterocycles. The van der Waals surface area contributed by atoms with E-state index in [0.29, 0.717) is 6.42 Å². The van der Waals surface area contributed by atoms with Gasteiger partial charge < -0.3 is 4.74 Å². The fraction of sp³-hybridized carbons (Fsp3) is 0.400. The summed E-state index contributed by atoms with van der Waals surface area (Å²) in [7, 11) is 1.90. The first-order valence-electron chi connectivity index (χ1n) is 13.0. The van der Waals surface area contributed by atoms with E-state index in [1.807, 2.05) is 25.4 Å². The number of aryl methyl sites for hydroxylation is 3. The molecule has 5 rings (SSSR count). The van der Waals surface area contributed by atoms with Gasteiger partial charge in [0, 0.05) is 45.2 Å². The van der Waals surface area contributed by atoms with E-state index in [4.69, 9.17) is 4.74 Å². The smallest absolute Gasteiger partial charge is 0.142 e. The van der Waals surface area contributed by atoms with Crippen LogP contribution >= 0.6 is 0 Å². The largest absolute Gasteiger partial charge is 0.487 e. The van der Waals surface area contributed by atoms with Crippen LogP contribution in [0, 0.1) is 13.8 Å². The molecule has 3 heterocycles. The Bertz CT molecular complexity index is 1440. The molecule has 0 saturated carbocycles. The van der Waals surface area contributed by atoms with Crippen molar-refractivity contribution in [2.75, 3.05) is 6.54 Å². The van der Waals surface area contributed by atoms with E-state index in [2.05, 4.69) is 71.3 Å². The Kier molecular flexibility index (Phi) is 7.07. The Morgan fingerprint density at radius 2 is 2.03 bits per heavy atom. The third-order valence-electron chi connectivity index (χ3n) is 7.55. The highest BCUT2D eigenvalue weighted by atomic mass is 16.5. The molecule has 192 valence electrons. The van der Waals surface area contributed by atoms with Gasteiger partial charge in [-0.3, -0.25) is 14.7 Å². The van der Waals surface area contributed by atoms with Crippen LogP contribution in [0.5, 0.6) is 5.75 Å². The van der Waals surface area contributed by atoms with Gasteiger partial charge >= 0.3 is 0 Å². The number of pyridine rings is 1. The summed E-state index contributed by atoms with van der Waals surface area (Å²) in [5.74, 6) is 1.02. The molecule has 0 amide bonds. The van der Waals surface area contributed by atoms with Crippen molar-refractivity contribution < 1.29 is 9.53 Å². The molecule has 0 radical (unpaired) electrons. The standard InChI is InChI=1S/C30H35N5O2/c1-6-24-17-35(18-27-29(37-24)8-7-13-31-27)16-23-15-22(10-9-19(23)2)26(14-20(3)36)25-11-12-28-30(21(25)4)32-33-34(28)5/h7-13,15,24,26H,6,14,16-18H2,1-5H3/t24-,26-/m1/s1. The number of fused-ring (bicyclic) bond motifs is 2. The van der Waals surface area contributed by atoms with Crippen molar-refractivity contribution in [3.8, 4) is 5.75 Å². The number of rotatable bonds is 7. The minimum Gasteiger partial charge on any atom is -0.487 e. The molecule has 0 N–H and O–H groups in total. The highest BCUT2D eigenvalue weighted by Gasteiger charge is 2.25. The minimum atomic E-state index is -0.0403. The van der Waals surface area contributed by atoms with Crippen LogP contribution in [0.25, 0.3) is 11.0 Å². The van der Waals surface area contributed by atoms with Gasteiger partial charge in [0.1, 0.15) is 23.2 Å². The highest BCUT2D eigenvalue weighted by molar-refractivity contribution is 5.81. The SMILES string of the molecule is CC[C@@H]1CN(Cc2cc([C@@H](CC(C)=O)c3ccc4c(nnn4C)c3C)ccc2C)Cc2ncccc2O1. The summed E-state index contributed by atoms with van der Waals surface area (Å²) in [5.41, 5.74) is 8.73. The molecule has 2 atom stereocenters. The molecular formula is C30H35N5O2. The normalized spacial score (nSPS) is 16.7. The Balaban J connectivity index is 1.50. The number of hydrogen-bond acceptors (Lipinski definition) is 6. The zero-order valence-electron chi connectivity index (χ0n) is 22.4. The van der Waals surface area contributed by atoms with Gasteiger partial charge in [-0.2, -0.15) is 0 Å². The zero-order chi connectivity index (χ0) is 26.1. The Morgan fingerprint density at radius 3 is 2.81 bits per heavy atom. The third-order valence-corrected chi connectivity index (χ3v) is 7.55. The van der Waals surface area contributed by atoms with E-state index in [1.54, 1.807) is 11.6 Å². The number of carbonyl (C=O) groups excluding carboxylic acids is 1. The monoisotopic (exact) mass is 497 g/mol. The number of ether oxygens (including phenoxy) is 1. The summed E-state index contributed by atoms with van der Waals surface area (Å²) in [5, 5.41) is 8.59.